The maximum Gasteiger partial charge on any atom is 0.392 e. The third kappa shape index (κ3) is 2.99. The van der Waals surface area contributed by atoms with E-state index in [0.717, 1.165) is 37.7 Å². The van der Waals surface area contributed by atoms with Gasteiger partial charge in [-0.25, -0.2) is 9.69 Å². The van der Waals surface area contributed by atoms with Gasteiger partial charge in [0.1, 0.15) is 0 Å². The zero-order chi connectivity index (χ0) is 19.1. The van der Waals surface area contributed by atoms with Crippen LogP contribution in [0.3, 0.4) is 0 Å². The van der Waals surface area contributed by atoms with Crippen LogP contribution < -0.4 is 5.32 Å². The summed E-state index contributed by atoms with van der Waals surface area (Å²) in [7, 11) is 3.21. The molecule has 0 aliphatic carbocycles. The summed E-state index contributed by atoms with van der Waals surface area (Å²) in [6.07, 6.45) is 0. The number of guanidine groups is 1. The zero-order valence-electron chi connectivity index (χ0n) is 16.0. The van der Waals surface area contributed by atoms with Gasteiger partial charge in [-0.05, 0) is 12.5 Å². The fourth-order valence-corrected chi connectivity index (χ4v) is 3.75. The van der Waals surface area contributed by atoms with Crippen molar-refractivity contribution in [2.45, 2.75) is 19.5 Å². The lowest BCUT2D eigenvalue weighted by atomic mass is 10.1. The first-order valence-electron chi connectivity index (χ1n) is 9.26. The predicted octanol–water partition coefficient (Wildman–Crippen LogP) is 0.0732. The van der Waals surface area contributed by atoms with Crippen molar-refractivity contribution in [1.82, 2.24) is 20.0 Å². The second kappa shape index (κ2) is 6.77. The van der Waals surface area contributed by atoms with Crippen LogP contribution >= 0.6 is 0 Å². The van der Waals surface area contributed by atoms with Crippen molar-refractivity contribution >= 4 is 23.7 Å². The predicted molar refractivity (Wildman–Crippen MR) is 102 cm³/mol. The van der Waals surface area contributed by atoms with Crippen LogP contribution in [-0.2, 0) is 11.3 Å². The number of nitrogens with zero attached hydrogens (tertiary/aromatic N) is 5. The van der Waals surface area contributed by atoms with Gasteiger partial charge in [0.05, 0.1) is 19.6 Å². The Morgan fingerprint density at radius 2 is 1.78 bits per heavy atom. The van der Waals surface area contributed by atoms with Gasteiger partial charge in [-0.1, -0.05) is 34.8 Å². The summed E-state index contributed by atoms with van der Waals surface area (Å²) in [5.41, 5.74) is 2.31. The Kier molecular flexibility index (Phi) is 4.43. The molecule has 2 saturated heterocycles. The highest BCUT2D eigenvalue weighted by atomic mass is 16.2. The molecule has 4 rings (SSSR count). The third-order valence-electron chi connectivity index (χ3n) is 5.38. The number of hydrogen-bond donors (Lipinski definition) is 1. The van der Waals surface area contributed by atoms with Gasteiger partial charge in [-0.15, -0.1) is 0 Å². The molecule has 3 aliphatic rings. The summed E-state index contributed by atoms with van der Waals surface area (Å²) in [5.74, 6) is 1.07. The molecule has 1 atom stereocenters. The van der Waals surface area contributed by atoms with E-state index >= 15 is 0 Å². The van der Waals surface area contributed by atoms with E-state index in [-0.39, 0.29) is 11.9 Å². The van der Waals surface area contributed by atoms with Crippen molar-refractivity contribution < 1.29 is 14.2 Å². The number of amidine groups is 1. The Bertz CT molecular complexity index is 836. The summed E-state index contributed by atoms with van der Waals surface area (Å²) < 4.78 is 2.20. The standard InChI is InChI=1S/C19H25N6O2/c1-13-4-6-14(7-5-13)12-25-15-16(22(2)19(27)23(3)17(15)26)21-18(25)24-10-8-20-9-11-24/h4-7,15,20H,8-12H2,1-3H3/q+1. The number of likely N-dealkylation sites (N-methyl/N-ethyl adjacent to an activating group) is 2. The smallest absolute Gasteiger partial charge is 0.310 e. The number of piperazine rings is 1. The van der Waals surface area contributed by atoms with Crippen molar-refractivity contribution in [2.24, 2.45) is 4.99 Å². The molecule has 3 amide bonds. The fourth-order valence-electron chi connectivity index (χ4n) is 3.75. The number of nitrogens with one attached hydrogen (secondary N) is 1. The zero-order valence-corrected chi connectivity index (χ0v) is 16.0. The molecule has 142 valence electrons. The normalized spacial score (nSPS) is 23.1. The number of carbonyl (C=O) groups excluding carboxylic acids is 2. The van der Waals surface area contributed by atoms with Crippen molar-refractivity contribution in [3.8, 4) is 0 Å². The second-order valence-electron chi connectivity index (χ2n) is 7.26. The van der Waals surface area contributed by atoms with E-state index in [1.807, 2.05) is 4.90 Å². The van der Waals surface area contributed by atoms with Crippen LogP contribution in [0.5, 0.6) is 0 Å². The minimum atomic E-state index is -0.566. The number of hydrogen-bond acceptors (Lipinski definition) is 3. The SMILES string of the molecule is Cc1ccc(CN2C(=[N+]3CCNCC3)N=C3C2C(=O)N(C)C(=O)N3C)cc1. The summed E-state index contributed by atoms with van der Waals surface area (Å²) >= 11 is 0. The van der Waals surface area contributed by atoms with E-state index in [1.165, 1.54) is 22.4 Å². The van der Waals surface area contributed by atoms with Crippen LogP contribution in [0.1, 0.15) is 11.1 Å². The largest absolute Gasteiger partial charge is 0.392 e. The number of benzene rings is 1. The molecule has 1 N–H and O–H groups in total. The number of rotatable bonds is 2. The number of imide groups is 1. The summed E-state index contributed by atoms with van der Waals surface area (Å²) in [5, 5.41) is 3.34. The average Bonchev–Trinajstić information content (AvgIpc) is 3.06. The Balaban J connectivity index is 1.76. The van der Waals surface area contributed by atoms with Gasteiger partial charge in [-0.2, -0.15) is 0 Å². The lowest BCUT2D eigenvalue weighted by molar-refractivity contribution is -0.537. The molecule has 3 aliphatic heterocycles. The van der Waals surface area contributed by atoms with Gasteiger partial charge in [0.2, 0.25) is 11.9 Å². The number of fused-ring (bicyclic) bond motifs is 1. The maximum absolute atomic E-state index is 13.0. The fraction of sp³-hybridized carbons (Fsp3) is 0.474. The molecular formula is C19H25N6O2+. The summed E-state index contributed by atoms with van der Waals surface area (Å²) in [6, 6.07) is 7.39. The van der Waals surface area contributed by atoms with Crippen molar-refractivity contribution in [3.63, 3.8) is 0 Å². The van der Waals surface area contributed by atoms with Gasteiger partial charge in [0.25, 0.3) is 5.91 Å². The van der Waals surface area contributed by atoms with Gasteiger partial charge in [0, 0.05) is 27.2 Å². The first kappa shape index (κ1) is 17.7. The maximum atomic E-state index is 13.0. The van der Waals surface area contributed by atoms with Crippen LogP contribution in [0.4, 0.5) is 4.79 Å². The lowest BCUT2D eigenvalue weighted by Crippen LogP contribution is -2.62. The molecule has 0 bridgehead atoms. The first-order valence-corrected chi connectivity index (χ1v) is 9.26. The molecule has 8 heteroatoms. The molecule has 8 nitrogen and oxygen atoms in total. The monoisotopic (exact) mass is 369 g/mol. The van der Waals surface area contributed by atoms with Crippen molar-refractivity contribution in [3.05, 3.63) is 35.4 Å². The molecule has 0 saturated carbocycles. The van der Waals surface area contributed by atoms with E-state index < -0.39 is 6.04 Å². The van der Waals surface area contributed by atoms with Gasteiger partial charge >= 0.3 is 12.0 Å². The Labute approximate surface area is 158 Å². The van der Waals surface area contributed by atoms with Crippen LogP contribution in [0.15, 0.2) is 29.3 Å². The number of amides is 3. The van der Waals surface area contributed by atoms with Crippen LogP contribution in [-0.4, -0.2) is 89.3 Å². The third-order valence-corrected chi connectivity index (χ3v) is 5.38. The molecular weight excluding hydrogens is 344 g/mol. The second-order valence-corrected chi connectivity index (χ2v) is 7.26. The number of aliphatic imine (C=N–C) groups is 1. The molecule has 1 aromatic carbocycles. The van der Waals surface area contributed by atoms with Crippen LogP contribution in [0.25, 0.3) is 0 Å². The van der Waals surface area contributed by atoms with Gasteiger partial charge in [-0.3, -0.25) is 19.2 Å². The van der Waals surface area contributed by atoms with Crippen LogP contribution in [0.2, 0.25) is 0 Å². The molecule has 0 radical (unpaired) electrons. The number of aryl methyl sites for hydroxylation is 1. The summed E-state index contributed by atoms with van der Waals surface area (Å²) in [6.45, 7) is 6.02. The van der Waals surface area contributed by atoms with Crippen LogP contribution in [0, 0.1) is 6.92 Å². The van der Waals surface area contributed by atoms with E-state index in [2.05, 4.69) is 41.1 Å². The van der Waals surface area contributed by atoms with E-state index in [1.54, 1.807) is 7.05 Å². The molecule has 0 spiro atoms. The molecule has 1 aromatic rings. The number of carbonyl (C=O) groups is 2. The Morgan fingerprint density at radius 3 is 2.44 bits per heavy atom. The highest BCUT2D eigenvalue weighted by Crippen LogP contribution is 2.25. The Morgan fingerprint density at radius 1 is 1.11 bits per heavy atom. The summed E-state index contributed by atoms with van der Waals surface area (Å²) in [4.78, 5) is 34.8. The number of urea groups is 1. The highest BCUT2D eigenvalue weighted by Gasteiger charge is 2.55. The average molecular weight is 369 g/mol. The highest BCUT2D eigenvalue weighted by molar-refractivity contribution is 6.25. The van der Waals surface area contributed by atoms with Crippen molar-refractivity contribution in [1.29, 1.82) is 0 Å². The van der Waals surface area contributed by atoms with Crippen molar-refractivity contribution in [2.75, 3.05) is 40.3 Å². The topological polar surface area (TPSA) is 71.3 Å². The van der Waals surface area contributed by atoms with E-state index in [0.29, 0.717) is 12.4 Å². The quantitative estimate of drug-likeness (QED) is 0.749. The first-order chi connectivity index (χ1) is 13.0. The minimum absolute atomic E-state index is 0.228. The Hall–Kier alpha value is -2.74. The lowest BCUT2D eigenvalue weighted by Gasteiger charge is -2.33. The van der Waals surface area contributed by atoms with E-state index in [9.17, 15) is 9.59 Å². The van der Waals surface area contributed by atoms with Gasteiger partial charge < -0.3 is 5.32 Å². The minimum Gasteiger partial charge on any atom is -0.310 e. The molecule has 1 unspecified atom stereocenters. The molecule has 3 heterocycles. The molecule has 27 heavy (non-hydrogen) atoms. The molecule has 0 aromatic heterocycles. The molecule has 2 fully saturated rings. The van der Waals surface area contributed by atoms with Gasteiger partial charge in [0.15, 0.2) is 0 Å². The van der Waals surface area contributed by atoms with E-state index in [4.69, 9.17) is 4.99 Å².